The van der Waals surface area contributed by atoms with Crippen molar-refractivity contribution in [2.75, 3.05) is 25.0 Å². The van der Waals surface area contributed by atoms with Crippen molar-refractivity contribution in [1.82, 2.24) is 14.7 Å². The van der Waals surface area contributed by atoms with Crippen LogP contribution < -0.4 is 5.32 Å². The molecule has 3 heterocycles. The van der Waals surface area contributed by atoms with E-state index in [1.165, 1.54) is 6.07 Å². The Morgan fingerprint density at radius 1 is 1.28 bits per heavy atom. The number of halogens is 3. The number of hydrogen-bond donors (Lipinski definition) is 1. The van der Waals surface area contributed by atoms with Crippen LogP contribution in [0.3, 0.4) is 0 Å². The number of amides is 1. The second-order valence-corrected chi connectivity index (χ2v) is 9.09. The zero-order chi connectivity index (χ0) is 20.6. The number of nitrogens with one attached hydrogen (secondary N) is 1. The predicted molar refractivity (Wildman–Crippen MR) is 102 cm³/mol. The number of hydrogen-bond acceptors (Lipinski definition) is 3. The number of rotatable bonds is 2. The summed E-state index contributed by atoms with van der Waals surface area (Å²) in [5.74, 6) is 0.620. The molecule has 154 valence electrons. The highest BCUT2D eigenvalue weighted by atomic mass is 19.4. The maximum atomic E-state index is 13.5. The summed E-state index contributed by atoms with van der Waals surface area (Å²) in [6, 6.07) is 5.79. The highest BCUT2D eigenvalue weighted by molar-refractivity contribution is 5.99. The molecule has 2 fully saturated rings. The molecule has 1 saturated carbocycles. The Morgan fingerprint density at radius 2 is 2.03 bits per heavy atom. The van der Waals surface area contributed by atoms with E-state index < -0.39 is 17.2 Å². The maximum absolute atomic E-state index is 13.5. The Kier molecular flexibility index (Phi) is 3.68. The van der Waals surface area contributed by atoms with E-state index in [2.05, 4.69) is 24.3 Å². The van der Waals surface area contributed by atoms with Crippen molar-refractivity contribution >= 4 is 11.7 Å². The summed E-state index contributed by atoms with van der Waals surface area (Å²) >= 11 is 0. The molecular weight excluding hydrogens is 381 g/mol. The summed E-state index contributed by atoms with van der Waals surface area (Å²) in [5.41, 5.74) is -0.522. The lowest BCUT2D eigenvalue weighted by atomic mass is 9.90. The van der Waals surface area contributed by atoms with E-state index in [4.69, 9.17) is 0 Å². The van der Waals surface area contributed by atoms with Gasteiger partial charge in [-0.05, 0) is 44.2 Å². The molecule has 2 aromatic rings. The van der Waals surface area contributed by atoms with Crippen LogP contribution in [0, 0.1) is 5.92 Å². The largest absolute Gasteiger partial charge is 0.416 e. The molecule has 2 unspecified atom stereocenters. The van der Waals surface area contributed by atoms with Gasteiger partial charge in [-0.3, -0.25) is 4.79 Å². The van der Waals surface area contributed by atoms with Gasteiger partial charge in [0.25, 0.3) is 5.91 Å². The number of fused-ring (bicyclic) bond motifs is 2. The highest BCUT2D eigenvalue weighted by Gasteiger charge is 2.63. The van der Waals surface area contributed by atoms with Gasteiger partial charge in [0.05, 0.1) is 17.3 Å². The maximum Gasteiger partial charge on any atom is 0.416 e. The molecule has 1 aromatic heterocycles. The number of aromatic nitrogens is 2. The lowest BCUT2D eigenvalue weighted by molar-refractivity contribution is -0.138. The number of carbonyl (C=O) groups is 1. The molecular formula is C21H23F3N4O. The quantitative estimate of drug-likeness (QED) is 0.827. The molecule has 1 N–H and O–H groups in total. The lowest BCUT2D eigenvalue weighted by Crippen LogP contribution is -2.37. The molecule has 1 aromatic carbocycles. The van der Waals surface area contributed by atoms with E-state index in [1.54, 1.807) is 23.2 Å². The molecule has 0 spiro atoms. The van der Waals surface area contributed by atoms with Crippen LogP contribution in [-0.4, -0.2) is 40.2 Å². The first-order valence-electron chi connectivity index (χ1n) is 9.92. The Labute approximate surface area is 166 Å². The number of anilines is 1. The fourth-order valence-corrected chi connectivity index (χ4v) is 5.12. The van der Waals surface area contributed by atoms with Crippen LogP contribution in [0.1, 0.15) is 48.2 Å². The van der Waals surface area contributed by atoms with Crippen LogP contribution in [0.5, 0.6) is 0 Å². The molecule has 1 amide bonds. The third-order valence-corrected chi connectivity index (χ3v) is 6.80. The van der Waals surface area contributed by atoms with Crippen LogP contribution >= 0.6 is 0 Å². The van der Waals surface area contributed by atoms with E-state index in [0.717, 1.165) is 19.0 Å². The Bertz CT molecular complexity index is 996. The second-order valence-electron chi connectivity index (χ2n) is 9.09. The van der Waals surface area contributed by atoms with Crippen molar-refractivity contribution in [3.05, 3.63) is 47.2 Å². The number of likely N-dealkylation sites (tertiary alicyclic amines) is 1. The topological polar surface area (TPSA) is 50.2 Å². The minimum atomic E-state index is -4.39. The first-order chi connectivity index (χ1) is 13.6. The van der Waals surface area contributed by atoms with E-state index in [1.807, 2.05) is 4.68 Å². The number of alkyl halides is 3. The zero-order valence-corrected chi connectivity index (χ0v) is 16.4. The van der Waals surface area contributed by atoms with Gasteiger partial charge in [0.15, 0.2) is 0 Å². The summed E-state index contributed by atoms with van der Waals surface area (Å²) in [4.78, 5) is 14.9. The molecule has 8 heteroatoms. The summed E-state index contributed by atoms with van der Waals surface area (Å²) < 4.78 is 42.4. The van der Waals surface area contributed by atoms with Gasteiger partial charge in [-0.1, -0.05) is 18.2 Å². The summed E-state index contributed by atoms with van der Waals surface area (Å²) in [7, 11) is 0. The summed E-state index contributed by atoms with van der Waals surface area (Å²) in [6.07, 6.45) is -1.21. The fourth-order valence-electron chi connectivity index (χ4n) is 5.12. The smallest absolute Gasteiger partial charge is 0.370 e. The van der Waals surface area contributed by atoms with Crippen LogP contribution in [0.25, 0.3) is 0 Å². The molecule has 29 heavy (non-hydrogen) atoms. The Morgan fingerprint density at radius 3 is 2.79 bits per heavy atom. The molecule has 3 aliphatic rings. The fraction of sp³-hybridized carbons (Fsp3) is 0.524. The molecule has 2 atom stereocenters. The van der Waals surface area contributed by atoms with Gasteiger partial charge in [0, 0.05) is 25.0 Å². The van der Waals surface area contributed by atoms with Crippen molar-refractivity contribution in [1.29, 1.82) is 0 Å². The first kappa shape index (κ1) is 18.5. The van der Waals surface area contributed by atoms with Crippen molar-refractivity contribution < 1.29 is 18.0 Å². The molecule has 0 bridgehead atoms. The van der Waals surface area contributed by atoms with Crippen molar-refractivity contribution in [2.24, 2.45) is 5.92 Å². The normalized spacial score (nSPS) is 27.2. The Hall–Kier alpha value is -2.51. The van der Waals surface area contributed by atoms with Gasteiger partial charge in [0.2, 0.25) is 0 Å². The SMILES string of the molecule is CC1(C)CCNc2c(C(=O)N3CC4CC4(c4ccccc4C(F)(F)F)C3)cnn21. The minimum Gasteiger partial charge on any atom is -0.370 e. The van der Waals surface area contributed by atoms with E-state index in [0.29, 0.717) is 36.5 Å². The average Bonchev–Trinajstić information content (AvgIpc) is 3.02. The Balaban J connectivity index is 1.44. The number of nitrogens with zero attached hydrogens (tertiary/aromatic N) is 3. The minimum absolute atomic E-state index is 0.0748. The van der Waals surface area contributed by atoms with E-state index in [9.17, 15) is 18.0 Å². The van der Waals surface area contributed by atoms with Gasteiger partial charge >= 0.3 is 6.18 Å². The summed E-state index contributed by atoms with van der Waals surface area (Å²) in [6.45, 7) is 5.71. The third kappa shape index (κ3) is 2.68. The van der Waals surface area contributed by atoms with Crippen molar-refractivity contribution in [3.8, 4) is 0 Å². The summed E-state index contributed by atoms with van der Waals surface area (Å²) in [5, 5.41) is 7.68. The van der Waals surface area contributed by atoms with E-state index in [-0.39, 0.29) is 17.4 Å². The molecule has 5 rings (SSSR count). The molecule has 1 saturated heterocycles. The number of carbonyl (C=O) groups excluding carboxylic acids is 1. The monoisotopic (exact) mass is 404 g/mol. The standard InChI is InChI=1S/C21H23F3N4O/c1-19(2)7-8-25-17-14(10-26-28(17)19)18(29)27-11-13-9-20(13,12-27)15-5-3-4-6-16(15)21(22,23)24/h3-6,10,13,25H,7-9,11-12H2,1-2H3. The number of piperidine rings is 1. The average molecular weight is 404 g/mol. The molecule has 2 aliphatic heterocycles. The highest BCUT2D eigenvalue weighted by Crippen LogP contribution is 2.61. The van der Waals surface area contributed by atoms with Gasteiger partial charge < -0.3 is 10.2 Å². The van der Waals surface area contributed by atoms with E-state index >= 15 is 0 Å². The predicted octanol–water partition coefficient (Wildman–Crippen LogP) is 3.87. The van der Waals surface area contributed by atoms with Crippen LogP contribution in [0.4, 0.5) is 19.0 Å². The molecule has 1 aliphatic carbocycles. The van der Waals surface area contributed by atoms with Gasteiger partial charge in [-0.15, -0.1) is 0 Å². The van der Waals surface area contributed by atoms with Crippen molar-refractivity contribution in [2.45, 2.75) is 43.8 Å². The van der Waals surface area contributed by atoms with Gasteiger partial charge in [-0.25, -0.2) is 4.68 Å². The van der Waals surface area contributed by atoms with Crippen LogP contribution in [0.15, 0.2) is 30.5 Å². The first-order valence-corrected chi connectivity index (χ1v) is 9.92. The zero-order valence-electron chi connectivity index (χ0n) is 16.4. The number of benzene rings is 1. The van der Waals surface area contributed by atoms with Crippen LogP contribution in [0.2, 0.25) is 0 Å². The lowest BCUT2D eigenvalue weighted by Gasteiger charge is -2.33. The molecule has 5 nitrogen and oxygen atoms in total. The van der Waals surface area contributed by atoms with Gasteiger partial charge in [0.1, 0.15) is 11.4 Å². The van der Waals surface area contributed by atoms with Crippen molar-refractivity contribution in [3.63, 3.8) is 0 Å². The second kappa shape index (κ2) is 5.77. The third-order valence-electron chi connectivity index (χ3n) is 6.80. The molecule has 0 radical (unpaired) electrons. The van der Waals surface area contributed by atoms with Gasteiger partial charge in [-0.2, -0.15) is 18.3 Å². The van der Waals surface area contributed by atoms with Crippen LogP contribution in [-0.2, 0) is 17.1 Å².